The number of rotatable bonds is 3. The van der Waals surface area contributed by atoms with E-state index in [0.717, 1.165) is 6.42 Å². The van der Waals surface area contributed by atoms with Crippen molar-refractivity contribution in [3.05, 3.63) is 12.2 Å². The third kappa shape index (κ3) is 9.98. The molecule has 0 aliphatic heterocycles. The van der Waals surface area contributed by atoms with Gasteiger partial charge in [0, 0.05) is 10.7 Å². The molecule has 0 spiro atoms. The maximum atomic E-state index is 10.5. The molecule has 72 valence electrons. The molecule has 0 fully saturated rings. The lowest BCUT2D eigenvalue weighted by Crippen LogP contribution is -2.02. The fourth-order valence-electron chi connectivity index (χ4n) is 0.620. The molecule has 0 aromatic rings. The maximum absolute atomic E-state index is 10.5. The van der Waals surface area contributed by atoms with E-state index in [1.807, 2.05) is 6.08 Å². The number of hydrogen-bond acceptors (Lipinski definition) is 2. The normalized spacial score (nSPS) is 14.0. The summed E-state index contributed by atoms with van der Waals surface area (Å²) in [5, 5.41) is 0. The molecule has 0 radical (unpaired) electrons. The highest BCUT2D eigenvalue weighted by Crippen LogP contribution is 2.18. The first kappa shape index (κ1) is 12.0. The second-order valence-corrected chi connectivity index (χ2v) is 6.76. The molecule has 0 heterocycles. The summed E-state index contributed by atoms with van der Waals surface area (Å²) >= 11 is 0. The molecule has 0 bridgehead atoms. The molecule has 0 unspecified atom stereocenters. The Hall–Kier alpha value is -0.0200. The van der Waals surface area contributed by atoms with Crippen molar-refractivity contribution in [1.29, 1.82) is 0 Å². The van der Waals surface area contributed by atoms with Crippen molar-refractivity contribution in [2.24, 2.45) is 5.41 Å². The lowest BCUT2D eigenvalue weighted by molar-refractivity contribution is 0.420. The summed E-state index contributed by atoms with van der Waals surface area (Å²) in [5.41, 5.74) is 0.201. The van der Waals surface area contributed by atoms with E-state index in [2.05, 4.69) is 20.8 Å². The predicted octanol–water partition coefficient (Wildman–Crippen LogP) is 2.55. The molecule has 0 aromatic heterocycles. The minimum Gasteiger partial charge on any atom is -0.212 e. The molecule has 0 atom stereocenters. The molecule has 0 saturated heterocycles. The van der Waals surface area contributed by atoms with Gasteiger partial charge in [-0.05, 0) is 11.8 Å². The molecule has 0 saturated carbocycles. The van der Waals surface area contributed by atoms with E-state index >= 15 is 0 Å². The Morgan fingerprint density at radius 3 is 2.08 bits per heavy atom. The van der Waals surface area contributed by atoms with Gasteiger partial charge in [0.05, 0.1) is 5.75 Å². The molecule has 0 amide bonds. The van der Waals surface area contributed by atoms with E-state index in [1.54, 1.807) is 6.08 Å². The third-order valence-electron chi connectivity index (χ3n) is 1.19. The highest BCUT2D eigenvalue weighted by molar-refractivity contribution is 8.13. The van der Waals surface area contributed by atoms with Gasteiger partial charge in [-0.15, -0.1) is 0 Å². The van der Waals surface area contributed by atoms with Crippen molar-refractivity contribution in [1.82, 2.24) is 0 Å². The van der Waals surface area contributed by atoms with Crippen LogP contribution >= 0.6 is 10.7 Å². The number of allylic oxidation sites excluding steroid dienone is 1. The zero-order valence-corrected chi connectivity index (χ0v) is 9.24. The van der Waals surface area contributed by atoms with Gasteiger partial charge in [0.1, 0.15) is 0 Å². The molecule has 0 rings (SSSR count). The minimum absolute atomic E-state index is 0.0787. The highest BCUT2D eigenvalue weighted by Gasteiger charge is 2.07. The Morgan fingerprint density at radius 2 is 1.75 bits per heavy atom. The summed E-state index contributed by atoms with van der Waals surface area (Å²) in [5.74, 6) is -0.0787. The van der Waals surface area contributed by atoms with Crippen LogP contribution in [0.1, 0.15) is 27.2 Å². The van der Waals surface area contributed by atoms with Crippen LogP contribution in [-0.4, -0.2) is 14.2 Å². The van der Waals surface area contributed by atoms with Crippen LogP contribution in [0.4, 0.5) is 0 Å². The average Bonchev–Trinajstić information content (AvgIpc) is 1.76. The van der Waals surface area contributed by atoms with Crippen molar-refractivity contribution in [3.63, 3.8) is 0 Å². The zero-order valence-electron chi connectivity index (χ0n) is 7.67. The molecule has 0 N–H and O–H groups in total. The minimum atomic E-state index is -3.36. The van der Waals surface area contributed by atoms with Crippen LogP contribution < -0.4 is 0 Å². The monoisotopic (exact) mass is 210 g/mol. The first-order chi connectivity index (χ1) is 5.21. The summed E-state index contributed by atoms with van der Waals surface area (Å²) in [6.45, 7) is 6.27. The van der Waals surface area contributed by atoms with Crippen molar-refractivity contribution in [2.75, 3.05) is 5.75 Å². The van der Waals surface area contributed by atoms with Gasteiger partial charge in [-0.3, -0.25) is 0 Å². The second-order valence-electron chi connectivity index (χ2n) is 3.94. The average molecular weight is 211 g/mol. The van der Waals surface area contributed by atoms with Gasteiger partial charge in [0.25, 0.3) is 0 Å². The molecule has 4 heteroatoms. The van der Waals surface area contributed by atoms with Crippen LogP contribution in [0, 0.1) is 5.41 Å². The molecule has 2 nitrogen and oxygen atoms in total. The summed E-state index contributed by atoms with van der Waals surface area (Å²) in [6.07, 6.45) is 4.30. The molecule has 12 heavy (non-hydrogen) atoms. The van der Waals surface area contributed by atoms with Crippen LogP contribution in [-0.2, 0) is 9.05 Å². The number of hydrogen-bond donors (Lipinski definition) is 0. The van der Waals surface area contributed by atoms with Crippen molar-refractivity contribution in [2.45, 2.75) is 27.2 Å². The van der Waals surface area contributed by atoms with Gasteiger partial charge < -0.3 is 0 Å². The summed E-state index contributed by atoms with van der Waals surface area (Å²) in [7, 11) is 1.65. The molecule has 0 aliphatic carbocycles. The maximum Gasteiger partial charge on any atom is 0.236 e. The summed E-state index contributed by atoms with van der Waals surface area (Å²) < 4.78 is 20.9. The third-order valence-corrected chi connectivity index (χ3v) is 2.16. The Kier molecular flexibility index (Phi) is 4.28. The van der Waals surface area contributed by atoms with Crippen LogP contribution in [0.15, 0.2) is 12.2 Å². The lowest BCUT2D eigenvalue weighted by atomic mass is 9.92. The topological polar surface area (TPSA) is 34.1 Å². The molecular formula is C8H15ClO2S. The largest absolute Gasteiger partial charge is 0.236 e. The van der Waals surface area contributed by atoms with E-state index < -0.39 is 9.05 Å². The van der Waals surface area contributed by atoms with Crippen molar-refractivity contribution < 1.29 is 8.42 Å². The van der Waals surface area contributed by atoms with E-state index in [0.29, 0.717) is 0 Å². The SMILES string of the molecule is CC(C)(C)C/C=C\CS(=O)(=O)Cl. The van der Waals surface area contributed by atoms with Crippen LogP contribution in [0.25, 0.3) is 0 Å². The summed E-state index contributed by atoms with van der Waals surface area (Å²) in [4.78, 5) is 0. The van der Waals surface area contributed by atoms with Gasteiger partial charge in [0.15, 0.2) is 0 Å². The van der Waals surface area contributed by atoms with E-state index in [4.69, 9.17) is 10.7 Å². The number of halogens is 1. The van der Waals surface area contributed by atoms with E-state index in [9.17, 15) is 8.42 Å². The fraction of sp³-hybridized carbons (Fsp3) is 0.750. The van der Waals surface area contributed by atoms with Gasteiger partial charge >= 0.3 is 0 Å². The van der Waals surface area contributed by atoms with Crippen molar-refractivity contribution in [3.8, 4) is 0 Å². The molecular weight excluding hydrogens is 196 g/mol. The Balaban J connectivity index is 3.81. The quantitative estimate of drug-likeness (QED) is 0.530. The van der Waals surface area contributed by atoms with E-state index in [1.165, 1.54) is 0 Å². The van der Waals surface area contributed by atoms with Crippen LogP contribution in [0.2, 0.25) is 0 Å². The smallest absolute Gasteiger partial charge is 0.212 e. The second kappa shape index (κ2) is 4.28. The van der Waals surface area contributed by atoms with E-state index in [-0.39, 0.29) is 11.2 Å². The van der Waals surface area contributed by atoms with Gasteiger partial charge in [0.2, 0.25) is 9.05 Å². The molecule has 0 aromatic carbocycles. The fourth-order valence-corrected chi connectivity index (χ4v) is 1.20. The van der Waals surface area contributed by atoms with Gasteiger partial charge in [-0.1, -0.05) is 32.9 Å². The lowest BCUT2D eigenvalue weighted by Gasteiger charge is -2.14. The van der Waals surface area contributed by atoms with Gasteiger partial charge in [-0.25, -0.2) is 8.42 Å². The van der Waals surface area contributed by atoms with Crippen molar-refractivity contribution >= 4 is 19.7 Å². The highest BCUT2D eigenvalue weighted by atomic mass is 35.7. The van der Waals surface area contributed by atoms with Crippen LogP contribution in [0.5, 0.6) is 0 Å². The first-order valence-corrected chi connectivity index (χ1v) is 6.26. The Bertz CT molecular complexity index is 247. The first-order valence-electron chi connectivity index (χ1n) is 3.78. The Labute approximate surface area is 79.0 Å². The van der Waals surface area contributed by atoms with Gasteiger partial charge in [-0.2, -0.15) is 0 Å². The van der Waals surface area contributed by atoms with Crippen LogP contribution in [0.3, 0.4) is 0 Å². The molecule has 0 aliphatic rings. The Morgan fingerprint density at radius 1 is 1.25 bits per heavy atom. The standard InChI is InChI=1S/C8H15ClO2S/c1-8(2,3)6-4-5-7-12(9,10)11/h4-5H,6-7H2,1-3H3/b5-4-. The zero-order chi connectivity index (χ0) is 9.83. The summed E-state index contributed by atoms with van der Waals surface area (Å²) in [6, 6.07) is 0. The predicted molar refractivity (Wildman–Crippen MR) is 52.9 cm³/mol.